The second kappa shape index (κ2) is 10.6. The first kappa shape index (κ1) is 26.2. The van der Waals surface area contributed by atoms with Crippen molar-refractivity contribution >= 4 is 16.9 Å². The summed E-state index contributed by atoms with van der Waals surface area (Å²) >= 11 is 0. The predicted molar refractivity (Wildman–Crippen MR) is 155 cm³/mol. The molecule has 9 heteroatoms. The number of para-hydroxylation sites is 1. The first-order valence-corrected chi connectivity index (χ1v) is 14.5. The number of piperazine rings is 1. The summed E-state index contributed by atoms with van der Waals surface area (Å²) in [7, 11) is 0. The Labute approximate surface area is 239 Å². The van der Waals surface area contributed by atoms with Crippen LogP contribution in [0.4, 0.5) is 10.1 Å². The molecule has 3 atom stereocenters. The molecule has 5 heterocycles. The fraction of sp³-hybridized carbons (Fsp3) is 0.438. The highest BCUT2D eigenvalue weighted by molar-refractivity contribution is 5.72. The van der Waals surface area contributed by atoms with Crippen LogP contribution < -0.4 is 14.4 Å². The Morgan fingerprint density at radius 2 is 1.93 bits per heavy atom. The van der Waals surface area contributed by atoms with E-state index in [0.29, 0.717) is 17.1 Å². The van der Waals surface area contributed by atoms with Crippen LogP contribution >= 0.6 is 0 Å². The molecule has 3 unspecified atom stereocenters. The minimum atomic E-state index is -0.493. The van der Waals surface area contributed by atoms with E-state index in [1.165, 1.54) is 0 Å². The molecule has 2 aromatic carbocycles. The number of nitrogens with zero attached hydrogens (tertiary/aromatic N) is 5. The van der Waals surface area contributed by atoms with Gasteiger partial charge in [0, 0.05) is 43.5 Å². The summed E-state index contributed by atoms with van der Waals surface area (Å²) in [6, 6.07) is 15.6. The first-order valence-electron chi connectivity index (χ1n) is 14.5. The van der Waals surface area contributed by atoms with Gasteiger partial charge in [0.25, 0.3) is 0 Å². The van der Waals surface area contributed by atoms with Crippen molar-refractivity contribution in [2.75, 3.05) is 37.7 Å². The topological polar surface area (TPSA) is 64.9 Å². The number of aryl methyl sites for hydroxylation is 2. The minimum Gasteiger partial charge on any atom is -0.485 e. The quantitative estimate of drug-likeness (QED) is 0.323. The van der Waals surface area contributed by atoms with Gasteiger partial charge in [0.15, 0.2) is 23.3 Å². The van der Waals surface area contributed by atoms with Crippen LogP contribution in [0, 0.1) is 19.7 Å². The number of benzene rings is 2. The van der Waals surface area contributed by atoms with E-state index in [-0.39, 0.29) is 24.6 Å². The van der Waals surface area contributed by atoms with E-state index in [9.17, 15) is 4.39 Å². The van der Waals surface area contributed by atoms with Crippen molar-refractivity contribution in [3.05, 3.63) is 77.0 Å². The van der Waals surface area contributed by atoms with Gasteiger partial charge in [0.05, 0.1) is 24.9 Å². The predicted octanol–water partition coefficient (Wildman–Crippen LogP) is 5.20. The van der Waals surface area contributed by atoms with Crippen LogP contribution in [0.5, 0.6) is 11.5 Å². The average molecular weight is 558 g/mol. The lowest BCUT2D eigenvalue weighted by Crippen LogP contribution is -2.52. The highest BCUT2D eigenvalue weighted by atomic mass is 19.1. The Morgan fingerprint density at radius 1 is 1.05 bits per heavy atom. The number of ether oxygens (including phenoxy) is 3. The summed E-state index contributed by atoms with van der Waals surface area (Å²) < 4.78 is 35.3. The summed E-state index contributed by atoms with van der Waals surface area (Å²) in [6.45, 7) is 11.3. The molecule has 41 heavy (non-hydrogen) atoms. The molecule has 0 radical (unpaired) electrons. The molecule has 4 aromatic rings. The van der Waals surface area contributed by atoms with E-state index in [0.717, 1.165) is 79.7 Å². The zero-order valence-electron chi connectivity index (χ0n) is 23.8. The van der Waals surface area contributed by atoms with Crippen molar-refractivity contribution in [3.63, 3.8) is 0 Å². The van der Waals surface area contributed by atoms with E-state index in [2.05, 4.69) is 33.4 Å². The molecule has 3 aliphatic heterocycles. The van der Waals surface area contributed by atoms with Gasteiger partial charge in [0.1, 0.15) is 23.8 Å². The standard InChI is InChI=1S/C32H36FN5O3/c1-20-7-9-24(25(33)15-20)29-19-40-28-6-4-5-27(31(28)41-29)37-13-12-36(22(3)16-37)18-30-35-26-10-8-21(2)34-32(26)38(30)17-23-11-14-39-23/h4-10,15,22-23,29H,11-14,16-19H2,1-3H3. The van der Waals surface area contributed by atoms with E-state index in [4.69, 9.17) is 24.2 Å². The van der Waals surface area contributed by atoms with Crippen molar-refractivity contribution in [2.24, 2.45) is 0 Å². The molecule has 0 amide bonds. The number of rotatable bonds is 6. The van der Waals surface area contributed by atoms with Crippen LogP contribution in [0.25, 0.3) is 11.2 Å². The second-order valence-corrected chi connectivity index (χ2v) is 11.5. The lowest BCUT2D eigenvalue weighted by molar-refractivity contribution is -0.0593. The highest BCUT2D eigenvalue weighted by Gasteiger charge is 2.32. The third-order valence-corrected chi connectivity index (χ3v) is 8.55. The van der Waals surface area contributed by atoms with Gasteiger partial charge < -0.3 is 23.7 Å². The van der Waals surface area contributed by atoms with Crippen LogP contribution in [0.3, 0.4) is 0 Å². The Hall–Kier alpha value is -3.69. The lowest BCUT2D eigenvalue weighted by Gasteiger charge is -2.42. The number of hydrogen-bond acceptors (Lipinski definition) is 7. The molecule has 214 valence electrons. The van der Waals surface area contributed by atoms with E-state index in [1.807, 2.05) is 38.1 Å². The third kappa shape index (κ3) is 5.02. The van der Waals surface area contributed by atoms with E-state index < -0.39 is 6.10 Å². The summed E-state index contributed by atoms with van der Waals surface area (Å²) in [5.74, 6) is 2.16. The molecule has 3 aliphatic rings. The largest absolute Gasteiger partial charge is 0.485 e. The number of pyridine rings is 1. The molecule has 2 saturated heterocycles. The monoisotopic (exact) mass is 557 g/mol. The number of halogens is 1. The molecule has 0 spiro atoms. The SMILES string of the molecule is Cc1ccc(C2COc3cccc(N4CCN(Cc5nc6ccc(C)nc6n5CC5CCO5)C(C)C4)c3O2)c(F)c1. The Kier molecular flexibility index (Phi) is 6.79. The normalized spacial score (nSPS) is 22.6. The average Bonchev–Trinajstić information content (AvgIpc) is 3.27. The number of hydrogen-bond donors (Lipinski definition) is 0. The maximum Gasteiger partial charge on any atom is 0.185 e. The Morgan fingerprint density at radius 3 is 2.71 bits per heavy atom. The molecule has 0 N–H and O–H groups in total. The summed E-state index contributed by atoms with van der Waals surface area (Å²) in [4.78, 5) is 14.7. The summed E-state index contributed by atoms with van der Waals surface area (Å²) in [6.07, 6.45) is 0.809. The van der Waals surface area contributed by atoms with Crippen LogP contribution in [0.1, 0.15) is 42.1 Å². The van der Waals surface area contributed by atoms with Gasteiger partial charge in [-0.1, -0.05) is 18.2 Å². The van der Waals surface area contributed by atoms with E-state index in [1.54, 1.807) is 12.1 Å². The fourth-order valence-electron chi connectivity index (χ4n) is 6.09. The molecule has 0 bridgehead atoms. The molecule has 2 fully saturated rings. The van der Waals surface area contributed by atoms with Gasteiger partial charge in [-0.25, -0.2) is 14.4 Å². The van der Waals surface area contributed by atoms with Crippen LogP contribution in [-0.4, -0.2) is 64.4 Å². The number of imidazole rings is 1. The van der Waals surface area contributed by atoms with Crippen molar-refractivity contribution in [3.8, 4) is 11.5 Å². The molecular weight excluding hydrogens is 521 g/mol. The van der Waals surface area contributed by atoms with Gasteiger partial charge in [0.2, 0.25) is 0 Å². The third-order valence-electron chi connectivity index (χ3n) is 8.55. The van der Waals surface area contributed by atoms with Gasteiger partial charge >= 0.3 is 0 Å². The van der Waals surface area contributed by atoms with Gasteiger partial charge in [-0.15, -0.1) is 0 Å². The molecule has 0 saturated carbocycles. The highest BCUT2D eigenvalue weighted by Crippen LogP contribution is 2.44. The summed E-state index contributed by atoms with van der Waals surface area (Å²) in [5, 5.41) is 0. The van der Waals surface area contributed by atoms with E-state index >= 15 is 0 Å². The van der Waals surface area contributed by atoms with Gasteiger partial charge in [-0.3, -0.25) is 4.90 Å². The molecule has 2 aromatic heterocycles. The fourth-order valence-corrected chi connectivity index (χ4v) is 6.09. The maximum absolute atomic E-state index is 14.8. The second-order valence-electron chi connectivity index (χ2n) is 11.5. The van der Waals surface area contributed by atoms with Crippen LogP contribution in [0.2, 0.25) is 0 Å². The van der Waals surface area contributed by atoms with Crippen molar-refractivity contribution in [2.45, 2.75) is 58.5 Å². The zero-order valence-corrected chi connectivity index (χ0v) is 23.8. The number of anilines is 1. The zero-order chi connectivity index (χ0) is 28.1. The van der Waals surface area contributed by atoms with Crippen LogP contribution in [0.15, 0.2) is 48.5 Å². The Balaban J connectivity index is 1.09. The Bertz CT molecular complexity index is 1590. The number of fused-ring (bicyclic) bond motifs is 2. The molecule has 0 aliphatic carbocycles. The molecule has 7 rings (SSSR count). The first-order chi connectivity index (χ1) is 19.9. The van der Waals surface area contributed by atoms with Crippen LogP contribution in [-0.2, 0) is 17.8 Å². The van der Waals surface area contributed by atoms with Gasteiger partial charge in [-0.05, 0) is 63.1 Å². The van der Waals surface area contributed by atoms with Gasteiger partial charge in [-0.2, -0.15) is 0 Å². The van der Waals surface area contributed by atoms with Crippen molar-refractivity contribution in [1.29, 1.82) is 0 Å². The lowest BCUT2D eigenvalue weighted by atomic mass is 10.1. The number of aromatic nitrogens is 3. The smallest absolute Gasteiger partial charge is 0.185 e. The van der Waals surface area contributed by atoms with Crippen molar-refractivity contribution < 1.29 is 18.6 Å². The molecular formula is C32H36FN5O3. The maximum atomic E-state index is 14.8. The summed E-state index contributed by atoms with van der Waals surface area (Å²) in [5.41, 5.74) is 5.26. The minimum absolute atomic E-state index is 0.228. The van der Waals surface area contributed by atoms with Crippen molar-refractivity contribution in [1.82, 2.24) is 19.4 Å². The molecule has 8 nitrogen and oxygen atoms in total.